The van der Waals surface area contributed by atoms with Crippen LogP contribution in [0.25, 0.3) is 0 Å². The Balaban J connectivity index is 2.36. The molecule has 0 aliphatic carbocycles. The molecule has 1 aliphatic rings. The molecular formula is C11H21NO3. The number of carbonyl (C=O) groups is 1. The molecular weight excluding hydrogens is 194 g/mol. The fraction of sp³-hybridized carbons (Fsp3) is 0.909. The van der Waals surface area contributed by atoms with Gasteiger partial charge in [0.05, 0.1) is 12.6 Å². The molecule has 0 aromatic heterocycles. The third kappa shape index (κ3) is 5.14. The summed E-state index contributed by atoms with van der Waals surface area (Å²) in [4.78, 5) is 12.7. The molecule has 1 aliphatic heterocycles. The van der Waals surface area contributed by atoms with E-state index in [0.717, 1.165) is 32.5 Å². The Morgan fingerprint density at radius 3 is 2.80 bits per heavy atom. The van der Waals surface area contributed by atoms with Crippen molar-refractivity contribution in [3.63, 3.8) is 0 Å². The zero-order valence-corrected chi connectivity index (χ0v) is 9.61. The molecule has 1 saturated heterocycles. The van der Waals surface area contributed by atoms with Crippen LogP contribution in [0.4, 0.5) is 0 Å². The summed E-state index contributed by atoms with van der Waals surface area (Å²) in [5, 5.41) is 8.79. The van der Waals surface area contributed by atoms with Gasteiger partial charge in [-0.1, -0.05) is 13.8 Å². The van der Waals surface area contributed by atoms with E-state index >= 15 is 0 Å². The fourth-order valence-electron chi connectivity index (χ4n) is 1.99. The summed E-state index contributed by atoms with van der Waals surface area (Å²) in [7, 11) is 0. The van der Waals surface area contributed by atoms with Crippen molar-refractivity contribution in [3.8, 4) is 0 Å². The van der Waals surface area contributed by atoms with Crippen molar-refractivity contribution >= 4 is 5.97 Å². The molecule has 1 heterocycles. The van der Waals surface area contributed by atoms with Crippen LogP contribution in [0.5, 0.6) is 0 Å². The summed E-state index contributed by atoms with van der Waals surface area (Å²) in [5.41, 5.74) is 0. The highest BCUT2D eigenvalue weighted by atomic mass is 16.5. The first kappa shape index (κ1) is 12.5. The normalized spacial score (nSPS) is 21.5. The van der Waals surface area contributed by atoms with Gasteiger partial charge >= 0.3 is 5.97 Å². The molecule has 4 nitrogen and oxygen atoms in total. The Morgan fingerprint density at radius 1 is 1.60 bits per heavy atom. The first-order valence-electron chi connectivity index (χ1n) is 5.63. The quantitative estimate of drug-likeness (QED) is 0.723. The van der Waals surface area contributed by atoms with E-state index in [9.17, 15) is 4.79 Å². The molecule has 1 fully saturated rings. The van der Waals surface area contributed by atoms with E-state index in [4.69, 9.17) is 9.84 Å². The van der Waals surface area contributed by atoms with Crippen molar-refractivity contribution in [2.45, 2.75) is 32.8 Å². The maximum absolute atomic E-state index is 10.7. The third-order valence-electron chi connectivity index (χ3n) is 2.47. The molecule has 1 rings (SSSR count). The van der Waals surface area contributed by atoms with Crippen molar-refractivity contribution in [1.29, 1.82) is 0 Å². The molecule has 1 unspecified atom stereocenters. The standard InChI is InChI=1S/C11H21NO3/c1-9(2)6-12(8-11(13)14)7-10-4-3-5-15-10/h9-10H,3-8H2,1-2H3,(H,13,14). The number of ether oxygens (including phenoxy) is 1. The molecule has 1 atom stereocenters. The van der Waals surface area contributed by atoms with Gasteiger partial charge in [-0.3, -0.25) is 9.69 Å². The van der Waals surface area contributed by atoms with Gasteiger partial charge in [0.25, 0.3) is 0 Å². The molecule has 0 bridgehead atoms. The average Bonchev–Trinajstić information content (AvgIpc) is 2.53. The van der Waals surface area contributed by atoms with Crippen LogP contribution < -0.4 is 0 Å². The number of aliphatic carboxylic acids is 1. The molecule has 1 N–H and O–H groups in total. The fourth-order valence-corrected chi connectivity index (χ4v) is 1.99. The van der Waals surface area contributed by atoms with Gasteiger partial charge in [0.15, 0.2) is 0 Å². The number of hydrogen-bond donors (Lipinski definition) is 1. The summed E-state index contributed by atoms with van der Waals surface area (Å²) in [6.45, 7) is 6.73. The van der Waals surface area contributed by atoms with E-state index in [0.29, 0.717) is 5.92 Å². The molecule has 0 aromatic carbocycles. The maximum atomic E-state index is 10.7. The molecule has 15 heavy (non-hydrogen) atoms. The lowest BCUT2D eigenvalue weighted by Crippen LogP contribution is -2.38. The number of carboxylic acid groups (broad SMARTS) is 1. The lowest BCUT2D eigenvalue weighted by Gasteiger charge is -2.24. The smallest absolute Gasteiger partial charge is 0.317 e. The van der Waals surface area contributed by atoms with Gasteiger partial charge in [-0.25, -0.2) is 0 Å². The molecule has 0 radical (unpaired) electrons. The van der Waals surface area contributed by atoms with Gasteiger partial charge in [0, 0.05) is 19.7 Å². The van der Waals surface area contributed by atoms with Crippen LogP contribution in [-0.4, -0.2) is 48.3 Å². The molecule has 0 spiro atoms. The highest BCUT2D eigenvalue weighted by Gasteiger charge is 2.20. The van der Waals surface area contributed by atoms with Gasteiger partial charge < -0.3 is 9.84 Å². The molecule has 0 amide bonds. The van der Waals surface area contributed by atoms with E-state index in [1.165, 1.54) is 0 Å². The largest absolute Gasteiger partial charge is 0.480 e. The second-order valence-electron chi connectivity index (χ2n) is 4.62. The summed E-state index contributed by atoms with van der Waals surface area (Å²) in [5.74, 6) is -0.264. The predicted molar refractivity (Wildman–Crippen MR) is 57.9 cm³/mol. The van der Waals surface area contributed by atoms with E-state index in [2.05, 4.69) is 13.8 Å². The van der Waals surface area contributed by atoms with Gasteiger partial charge in [0.1, 0.15) is 0 Å². The number of rotatable bonds is 6. The number of hydrogen-bond acceptors (Lipinski definition) is 3. The Labute approximate surface area is 91.2 Å². The van der Waals surface area contributed by atoms with Crippen molar-refractivity contribution in [2.75, 3.05) is 26.2 Å². The van der Waals surface area contributed by atoms with Gasteiger partial charge in [-0.15, -0.1) is 0 Å². The van der Waals surface area contributed by atoms with E-state index in [-0.39, 0.29) is 12.6 Å². The van der Waals surface area contributed by atoms with Gasteiger partial charge in [-0.05, 0) is 18.8 Å². The van der Waals surface area contributed by atoms with Gasteiger partial charge in [0.2, 0.25) is 0 Å². The average molecular weight is 215 g/mol. The third-order valence-corrected chi connectivity index (χ3v) is 2.47. The zero-order valence-electron chi connectivity index (χ0n) is 9.61. The highest BCUT2D eigenvalue weighted by molar-refractivity contribution is 5.69. The summed E-state index contributed by atoms with van der Waals surface area (Å²) in [6, 6.07) is 0. The van der Waals surface area contributed by atoms with Crippen LogP contribution in [0, 0.1) is 5.92 Å². The minimum atomic E-state index is -0.756. The predicted octanol–water partition coefficient (Wildman–Crippen LogP) is 1.21. The molecule has 88 valence electrons. The minimum Gasteiger partial charge on any atom is -0.480 e. The first-order valence-corrected chi connectivity index (χ1v) is 5.63. The van der Waals surface area contributed by atoms with Crippen LogP contribution in [0.15, 0.2) is 0 Å². The van der Waals surface area contributed by atoms with Crippen molar-refractivity contribution in [1.82, 2.24) is 4.90 Å². The maximum Gasteiger partial charge on any atom is 0.317 e. The van der Waals surface area contributed by atoms with Crippen molar-refractivity contribution in [3.05, 3.63) is 0 Å². The van der Waals surface area contributed by atoms with Crippen LogP contribution in [-0.2, 0) is 9.53 Å². The minimum absolute atomic E-state index is 0.123. The van der Waals surface area contributed by atoms with Gasteiger partial charge in [-0.2, -0.15) is 0 Å². The number of nitrogens with zero attached hydrogens (tertiary/aromatic N) is 1. The van der Waals surface area contributed by atoms with Crippen LogP contribution in [0.3, 0.4) is 0 Å². The Bertz CT molecular complexity index is 200. The second-order valence-corrected chi connectivity index (χ2v) is 4.62. The van der Waals surface area contributed by atoms with E-state index < -0.39 is 5.97 Å². The lowest BCUT2D eigenvalue weighted by atomic mass is 10.1. The van der Waals surface area contributed by atoms with E-state index in [1.807, 2.05) is 4.90 Å². The van der Waals surface area contributed by atoms with Crippen LogP contribution >= 0.6 is 0 Å². The first-order chi connectivity index (χ1) is 7.08. The van der Waals surface area contributed by atoms with Crippen LogP contribution in [0.2, 0.25) is 0 Å². The lowest BCUT2D eigenvalue weighted by molar-refractivity contribution is -0.138. The Morgan fingerprint density at radius 2 is 2.33 bits per heavy atom. The summed E-state index contributed by atoms with van der Waals surface area (Å²) >= 11 is 0. The Hall–Kier alpha value is -0.610. The molecule has 4 heteroatoms. The summed E-state index contributed by atoms with van der Waals surface area (Å²) < 4.78 is 5.51. The van der Waals surface area contributed by atoms with E-state index in [1.54, 1.807) is 0 Å². The van der Waals surface area contributed by atoms with Crippen molar-refractivity contribution < 1.29 is 14.6 Å². The van der Waals surface area contributed by atoms with Crippen LogP contribution in [0.1, 0.15) is 26.7 Å². The Kier molecular flexibility index (Phi) is 5.05. The summed E-state index contributed by atoms with van der Waals surface area (Å²) in [6.07, 6.45) is 2.41. The number of carboxylic acids is 1. The molecule has 0 aromatic rings. The zero-order chi connectivity index (χ0) is 11.3. The topological polar surface area (TPSA) is 49.8 Å². The second kappa shape index (κ2) is 6.08. The van der Waals surface area contributed by atoms with Crippen molar-refractivity contribution in [2.24, 2.45) is 5.92 Å². The highest BCUT2D eigenvalue weighted by Crippen LogP contribution is 2.14. The SMILES string of the molecule is CC(C)CN(CC(=O)O)CC1CCCO1. The monoisotopic (exact) mass is 215 g/mol. The molecule has 0 saturated carbocycles.